The fourth-order valence-electron chi connectivity index (χ4n) is 2.28. The molecule has 0 bridgehead atoms. The van der Waals surface area contributed by atoms with Crippen LogP contribution in [0, 0.1) is 13.8 Å². The fourth-order valence-corrected chi connectivity index (χ4v) is 2.28. The third kappa shape index (κ3) is 4.19. The minimum atomic E-state index is -0.670. The highest BCUT2D eigenvalue weighted by molar-refractivity contribution is 5.96. The van der Waals surface area contributed by atoms with Gasteiger partial charge in [0.1, 0.15) is 5.75 Å². The summed E-state index contributed by atoms with van der Waals surface area (Å²) >= 11 is 0. The Kier molecular flexibility index (Phi) is 5.16. The summed E-state index contributed by atoms with van der Waals surface area (Å²) in [4.78, 5) is 23.7. The summed E-state index contributed by atoms with van der Waals surface area (Å²) in [5, 5.41) is 2.91. The van der Waals surface area contributed by atoms with Crippen LogP contribution >= 0.6 is 0 Å². The Balaban J connectivity index is 2.08. The van der Waals surface area contributed by atoms with Crippen LogP contribution in [-0.4, -0.2) is 17.8 Å². The number of aryl methyl sites for hydroxylation is 2. The monoisotopic (exact) mass is 311 g/mol. The molecule has 0 aliphatic carbocycles. The number of ketones is 1. The van der Waals surface area contributed by atoms with E-state index in [1.165, 1.54) is 6.92 Å². The lowest BCUT2D eigenvalue weighted by atomic mass is 10.1. The first kappa shape index (κ1) is 16.7. The molecule has 2 aromatic rings. The SMILES string of the molecule is CC(=O)c1cccc(O[C@H](C)C(=O)Nc2c(C)cccc2C)c1. The molecule has 0 heterocycles. The van der Waals surface area contributed by atoms with E-state index < -0.39 is 6.10 Å². The normalized spacial score (nSPS) is 11.7. The predicted octanol–water partition coefficient (Wildman–Crippen LogP) is 3.91. The van der Waals surface area contributed by atoms with E-state index in [0.717, 1.165) is 16.8 Å². The van der Waals surface area contributed by atoms with Crippen LogP contribution in [0.1, 0.15) is 35.3 Å². The van der Waals surface area contributed by atoms with E-state index in [1.54, 1.807) is 31.2 Å². The van der Waals surface area contributed by atoms with E-state index in [2.05, 4.69) is 5.32 Å². The summed E-state index contributed by atoms with van der Waals surface area (Å²) in [5.74, 6) is 0.237. The number of para-hydroxylation sites is 1. The summed E-state index contributed by atoms with van der Waals surface area (Å²) in [7, 11) is 0. The van der Waals surface area contributed by atoms with E-state index >= 15 is 0 Å². The number of hydrogen-bond acceptors (Lipinski definition) is 3. The van der Waals surface area contributed by atoms with Crippen LogP contribution in [0.25, 0.3) is 0 Å². The number of Topliss-reactive ketones (excluding diaryl/α,β-unsaturated/α-hetero) is 1. The van der Waals surface area contributed by atoms with Crippen LogP contribution in [0.4, 0.5) is 5.69 Å². The van der Waals surface area contributed by atoms with Crippen molar-refractivity contribution in [3.05, 3.63) is 59.2 Å². The highest BCUT2D eigenvalue weighted by Crippen LogP contribution is 2.21. The van der Waals surface area contributed by atoms with Crippen LogP contribution < -0.4 is 10.1 Å². The Morgan fingerprint density at radius 3 is 2.26 bits per heavy atom. The molecule has 0 spiro atoms. The summed E-state index contributed by atoms with van der Waals surface area (Å²) in [6.07, 6.45) is -0.670. The van der Waals surface area contributed by atoms with Gasteiger partial charge in [-0.1, -0.05) is 30.3 Å². The average molecular weight is 311 g/mol. The molecule has 23 heavy (non-hydrogen) atoms. The standard InChI is InChI=1S/C19H21NO3/c1-12-7-5-8-13(2)18(12)20-19(22)15(4)23-17-10-6-9-16(11-17)14(3)21/h5-11,15H,1-4H3,(H,20,22)/t15-/m1/s1. The molecule has 0 aromatic heterocycles. The number of amides is 1. The molecule has 1 N–H and O–H groups in total. The Bertz CT molecular complexity index is 717. The van der Waals surface area contributed by atoms with Crippen molar-refractivity contribution in [2.75, 3.05) is 5.32 Å². The molecular formula is C19H21NO3. The van der Waals surface area contributed by atoms with Gasteiger partial charge >= 0.3 is 0 Å². The van der Waals surface area contributed by atoms with Crippen LogP contribution in [0.2, 0.25) is 0 Å². The third-order valence-electron chi connectivity index (χ3n) is 3.65. The van der Waals surface area contributed by atoms with Gasteiger partial charge in [0.15, 0.2) is 11.9 Å². The molecule has 0 aliphatic rings. The molecule has 120 valence electrons. The van der Waals surface area contributed by atoms with Gasteiger partial charge in [0.05, 0.1) is 0 Å². The van der Waals surface area contributed by atoms with Gasteiger partial charge in [0.25, 0.3) is 5.91 Å². The van der Waals surface area contributed by atoms with E-state index in [4.69, 9.17) is 4.74 Å². The highest BCUT2D eigenvalue weighted by Gasteiger charge is 2.17. The largest absolute Gasteiger partial charge is 0.481 e. The van der Waals surface area contributed by atoms with Crippen molar-refractivity contribution in [1.29, 1.82) is 0 Å². The van der Waals surface area contributed by atoms with Crippen LogP contribution in [0.3, 0.4) is 0 Å². The summed E-state index contributed by atoms with van der Waals surface area (Å²) in [5.41, 5.74) is 3.38. The maximum absolute atomic E-state index is 12.3. The molecule has 0 fully saturated rings. The van der Waals surface area contributed by atoms with Crippen molar-refractivity contribution in [3.8, 4) is 5.75 Å². The minimum Gasteiger partial charge on any atom is -0.481 e. The van der Waals surface area contributed by atoms with Gasteiger partial charge in [-0.05, 0) is 51.0 Å². The van der Waals surface area contributed by atoms with E-state index in [-0.39, 0.29) is 11.7 Å². The molecule has 0 radical (unpaired) electrons. The number of ether oxygens (including phenoxy) is 1. The molecule has 4 nitrogen and oxygen atoms in total. The van der Waals surface area contributed by atoms with E-state index in [1.807, 2.05) is 32.0 Å². The van der Waals surface area contributed by atoms with Gasteiger partial charge in [0.2, 0.25) is 0 Å². The molecule has 0 saturated heterocycles. The average Bonchev–Trinajstić information content (AvgIpc) is 2.51. The lowest BCUT2D eigenvalue weighted by Gasteiger charge is -2.17. The van der Waals surface area contributed by atoms with Crippen LogP contribution in [-0.2, 0) is 4.79 Å². The van der Waals surface area contributed by atoms with Gasteiger partial charge in [-0.15, -0.1) is 0 Å². The minimum absolute atomic E-state index is 0.0388. The van der Waals surface area contributed by atoms with Crippen molar-refractivity contribution in [3.63, 3.8) is 0 Å². The zero-order valence-corrected chi connectivity index (χ0v) is 13.8. The summed E-state index contributed by atoms with van der Waals surface area (Å²) < 4.78 is 5.65. The lowest BCUT2D eigenvalue weighted by molar-refractivity contribution is -0.122. The molecule has 4 heteroatoms. The second-order valence-electron chi connectivity index (χ2n) is 5.60. The first-order valence-corrected chi connectivity index (χ1v) is 7.53. The van der Waals surface area contributed by atoms with E-state index in [0.29, 0.717) is 11.3 Å². The number of carbonyl (C=O) groups excluding carboxylic acids is 2. The number of nitrogens with one attached hydrogen (secondary N) is 1. The maximum Gasteiger partial charge on any atom is 0.265 e. The van der Waals surface area contributed by atoms with Crippen LogP contribution in [0.15, 0.2) is 42.5 Å². The van der Waals surface area contributed by atoms with Gasteiger partial charge < -0.3 is 10.1 Å². The fraction of sp³-hybridized carbons (Fsp3) is 0.263. The second kappa shape index (κ2) is 7.09. The van der Waals surface area contributed by atoms with Crippen molar-refractivity contribution in [2.45, 2.75) is 33.8 Å². The first-order chi connectivity index (χ1) is 10.9. The molecule has 1 atom stereocenters. The van der Waals surface area contributed by atoms with Crippen molar-refractivity contribution in [1.82, 2.24) is 0 Å². The van der Waals surface area contributed by atoms with Crippen LogP contribution in [0.5, 0.6) is 5.75 Å². The van der Waals surface area contributed by atoms with Gasteiger partial charge in [-0.2, -0.15) is 0 Å². The second-order valence-corrected chi connectivity index (χ2v) is 5.60. The van der Waals surface area contributed by atoms with E-state index in [9.17, 15) is 9.59 Å². The molecule has 2 rings (SSSR count). The maximum atomic E-state index is 12.3. The topological polar surface area (TPSA) is 55.4 Å². The molecular weight excluding hydrogens is 290 g/mol. The molecule has 1 amide bonds. The number of rotatable bonds is 5. The van der Waals surface area contributed by atoms with Gasteiger partial charge in [-0.25, -0.2) is 0 Å². The lowest BCUT2D eigenvalue weighted by Crippen LogP contribution is -2.30. The Morgan fingerprint density at radius 2 is 1.65 bits per heavy atom. The molecule has 0 saturated carbocycles. The zero-order valence-electron chi connectivity index (χ0n) is 13.8. The number of carbonyl (C=O) groups is 2. The smallest absolute Gasteiger partial charge is 0.265 e. The van der Waals surface area contributed by atoms with Crippen molar-refractivity contribution < 1.29 is 14.3 Å². The zero-order chi connectivity index (χ0) is 17.0. The van der Waals surface area contributed by atoms with Crippen molar-refractivity contribution >= 4 is 17.4 Å². The Hall–Kier alpha value is -2.62. The quantitative estimate of drug-likeness (QED) is 0.852. The Labute approximate surface area is 136 Å². The number of anilines is 1. The summed E-state index contributed by atoms with van der Waals surface area (Å²) in [6, 6.07) is 12.7. The first-order valence-electron chi connectivity index (χ1n) is 7.53. The number of hydrogen-bond donors (Lipinski definition) is 1. The molecule has 2 aromatic carbocycles. The summed E-state index contributed by atoms with van der Waals surface area (Å²) in [6.45, 7) is 7.08. The number of benzene rings is 2. The van der Waals surface area contributed by atoms with Crippen molar-refractivity contribution in [2.24, 2.45) is 0 Å². The third-order valence-corrected chi connectivity index (χ3v) is 3.65. The predicted molar refractivity (Wildman–Crippen MR) is 91.1 cm³/mol. The Morgan fingerprint density at radius 1 is 1.04 bits per heavy atom. The molecule has 0 aliphatic heterocycles. The molecule has 0 unspecified atom stereocenters. The highest BCUT2D eigenvalue weighted by atomic mass is 16.5. The van der Waals surface area contributed by atoms with Gasteiger partial charge in [0, 0.05) is 11.3 Å². The van der Waals surface area contributed by atoms with Gasteiger partial charge in [-0.3, -0.25) is 9.59 Å².